The first-order valence-corrected chi connectivity index (χ1v) is 51.2. The second-order valence-corrected chi connectivity index (χ2v) is 40.1. The van der Waals surface area contributed by atoms with E-state index in [1.165, 1.54) is 111 Å². The lowest BCUT2D eigenvalue weighted by Crippen LogP contribution is -2.03. The molecule has 13 nitrogen and oxygen atoms in total. The van der Waals surface area contributed by atoms with Crippen LogP contribution in [0.5, 0.6) is 0 Å². The van der Waals surface area contributed by atoms with Gasteiger partial charge in [0, 0.05) is 172 Å². The molecule has 0 amide bonds. The highest BCUT2D eigenvalue weighted by atomic mass is 32.1. The molecule has 0 atom stereocenters. The minimum Gasteiger partial charge on any atom is -0.456 e. The summed E-state index contributed by atoms with van der Waals surface area (Å²) >= 11 is 3.70. The molecule has 15 heteroatoms. The quantitative estimate of drug-likeness (QED) is 0.141. The van der Waals surface area contributed by atoms with Crippen molar-refractivity contribution in [3.63, 3.8) is 0 Å². The van der Waals surface area contributed by atoms with Gasteiger partial charge in [-0.2, -0.15) is 0 Å². The first kappa shape index (κ1) is 82.4. The number of benzene rings is 21. The molecule has 0 unspecified atom stereocenters. The second-order valence-electron chi connectivity index (χ2n) is 37.9. The van der Waals surface area contributed by atoms with Gasteiger partial charge in [0.25, 0.3) is 0 Å². The molecule has 33 rings (SSSR count). The molecule has 0 saturated carbocycles. The monoisotopic (exact) mass is 1910 g/mol. The van der Waals surface area contributed by atoms with E-state index in [-0.39, 0.29) is 0 Å². The number of aromatic nitrogens is 12. The fourth-order valence-corrected chi connectivity index (χ4v) is 25.5. The third-order valence-corrected chi connectivity index (χ3v) is 32.0. The Morgan fingerprint density at radius 3 is 0.782 bits per heavy atom. The Hall–Kier alpha value is -19.3. The van der Waals surface area contributed by atoms with E-state index >= 15 is 0 Å². The van der Waals surface area contributed by atoms with Gasteiger partial charge in [-0.3, -0.25) is 13.7 Å². The Balaban J connectivity index is 0.0000000999. The molecule has 0 saturated heterocycles. The molecule has 147 heavy (non-hydrogen) atoms. The summed E-state index contributed by atoms with van der Waals surface area (Å²) in [6.45, 7) is 0. The largest absolute Gasteiger partial charge is 0.456 e. The van der Waals surface area contributed by atoms with Gasteiger partial charge in [-0.1, -0.05) is 309 Å². The summed E-state index contributed by atoms with van der Waals surface area (Å²) in [5.41, 5.74) is 27.2. The summed E-state index contributed by atoms with van der Waals surface area (Å²) in [5.74, 6) is 1.95. The van der Waals surface area contributed by atoms with Crippen LogP contribution in [0.2, 0.25) is 0 Å². The summed E-state index contributed by atoms with van der Waals surface area (Å²) in [4.78, 5) is 31.8. The van der Waals surface area contributed by atoms with Gasteiger partial charge in [-0.05, 0) is 158 Å². The summed E-state index contributed by atoms with van der Waals surface area (Å²) in [5, 5.41) is 24.9. The van der Waals surface area contributed by atoms with E-state index in [1.807, 2.05) is 59.1 Å². The van der Waals surface area contributed by atoms with Crippen LogP contribution < -0.4 is 0 Å². The number of fused-ring (bicyclic) bond motifs is 30. The van der Waals surface area contributed by atoms with E-state index < -0.39 is 0 Å². The molecule has 684 valence electrons. The van der Waals surface area contributed by atoms with Gasteiger partial charge in [-0.25, -0.2) is 29.9 Å². The van der Waals surface area contributed by atoms with Gasteiger partial charge >= 0.3 is 0 Å². The highest BCUT2D eigenvalue weighted by Crippen LogP contribution is 2.50. The van der Waals surface area contributed by atoms with Gasteiger partial charge in [0.05, 0.1) is 99.8 Å². The zero-order valence-electron chi connectivity index (χ0n) is 78.6. The predicted octanol–water partition coefficient (Wildman–Crippen LogP) is 35.1. The smallest absolute Gasteiger partial charge is 0.235 e. The number of rotatable bonds is 9. The molecule has 12 heterocycles. The maximum absolute atomic E-state index is 6.45. The lowest BCUT2D eigenvalue weighted by atomic mass is 10.1. The van der Waals surface area contributed by atoms with Crippen molar-refractivity contribution in [2.75, 3.05) is 0 Å². The van der Waals surface area contributed by atoms with Gasteiger partial charge in [0.15, 0.2) is 0 Å². The first-order valence-electron chi connectivity index (χ1n) is 49.5. The van der Waals surface area contributed by atoms with Crippen molar-refractivity contribution >= 4 is 249 Å². The van der Waals surface area contributed by atoms with Crippen molar-refractivity contribution < 1.29 is 4.42 Å². The van der Waals surface area contributed by atoms with Crippen molar-refractivity contribution in [1.29, 1.82) is 0 Å². The van der Waals surface area contributed by atoms with Crippen molar-refractivity contribution in [3.8, 4) is 68.7 Å². The van der Waals surface area contributed by atoms with Crippen molar-refractivity contribution in [1.82, 2.24) is 57.3 Å². The molecule has 21 aromatic carbocycles. The first-order chi connectivity index (χ1) is 72.9. The fraction of sp³-hybridized carbons (Fsp3) is 0. The van der Waals surface area contributed by atoms with E-state index in [9.17, 15) is 0 Å². The molecular formula is C132H78N12OS2. The standard InChI is InChI=1S/C44H26N4O.2C44H26N4S/c1-3-13-27(14-4-1)43-31-19-7-10-20-36(31)45-44(46-43)48-39-25-38-32(29-17-8-11-21-37(29)47(38)28-15-5-2-6-16-28)23-33(39)34-24-35-30-18-9-12-22-41(30)49-42(35)26-40(34)48;1-3-13-27(14-4-1)43-31-19-7-10-20-36(31)45-44(46-43)48-37-21-11-8-17-29(37)32-23-33-34-24-35-30-18-9-12-22-41(30)49-42(35)26-40(34)47(38(33)25-39(32)48)28-15-5-2-6-16-28;1-3-13-27(14-4-1)43-31-19-7-10-20-36(31)45-44(46-43)48-39-25-38-32(29-17-8-11-21-37(29)47(38)28-15-5-2-6-16-28)23-33(39)34-24-35-30-18-9-12-22-41(30)49-42(35)26-40(34)48/h3*1-26H. The Labute approximate surface area is 845 Å². The lowest BCUT2D eigenvalue weighted by Gasteiger charge is -2.12. The molecule has 0 fully saturated rings. The van der Waals surface area contributed by atoms with Crippen LogP contribution in [-0.2, 0) is 0 Å². The molecule has 12 aromatic heterocycles. The molecular weight excluding hydrogens is 1830 g/mol. The van der Waals surface area contributed by atoms with E-state index in [4.69, 9.17) is 34.3 Å². The van der Waals surface area contributed by atoms with Crippen LogP contribution in [0.3, 0.4) is 0 Å². The third kappa shape index (κ3) is 12.8. The SMILES string of the molecule is c1ccc(-c2nc(-n3c4cc5oc6ccccc6c5cc4c4cc5c6ccccc6n(-c6ccccc6)c5cc43)nc3ccccc23)cc1.c1ccc(-c2nc(-n3c4cc5sc6ccccc6c5cc4c4cc5c6ccccc6n(-c6ccccc6)c5cc43)nc3ccccc23)cc1.c1ccc(-c2nc(-n3c4ccccc4c4cc5c6cc7c(cc6n(-c6ccccc6)c5cc43)sc3ccccc37)nc3ccccc23)cc1. The molecule has 33 aromatic rings. The van der Waals surface area contributed by atoms with E-state index in [0.717, 1.165) is 166 Å². The number of furan rings is 1. The average Bonchev–Trinajstić information content (AvgIpc) is 1.55. The van der Waals surface area contributed by atoms with E-state index in [2.05, 4.69) is 464 Å². The molecule has 0 aliphatic rings. The number of hydrogen-bond acceptors (Lipinski definition) is 9. The Kier molecular flexibility index (Phi) is 18.3. The highest BCUT2D eigenvalue weighted by Gasteiger charge is 2.29. The second kappa shape index (κ2) is 32.6. The van der Waals surface area contributed by atoms with Crippen molar-refractivity contribution in [2.24, 2.45) is 0 Å². The molecule has 0 spiro atoms. The van der Waals surface area contributed by atoms with Crippen molar-refractivity contribution in [2.45, 2.75) is 0 Å². The predicted molar refractivity (Wildman–Crippen MR) is 614 cm³/mol. The van der Waals surface area contributed by atoms with Crippen LogP contribution in [-0.4, -0.2) is 57.3 Å². The maximum atomic E-state index is 6.45. The van der Waals surface area contributed by atoms with Crippen LogP contribution in [0.4, 0.5) is 0 Å². The Morgan fingerprint density at radius 1 is 0.150 bits per heavy atom. The minimum atomic E-state index is 0.620. The normalized spacial score (nSPS) is 12.1. The van der Waals surface area contributed by atoms with E-state index in [0.29, 0.717) is 17.8 Å². The highest BCUT2D eigenvalue weighted by molar-refractivity contribution is 7.26. The van der Waals surface area contributed by atoms with Gasteiger partial charge in [0.1, 0.15) is 11.2 Å². The molecule has 0 bridgehead atoms. The Bertz CT molecular complexity index is 10900. The molecule has 0 N–H and O–H groups in total. The van der Waals surface area contributed by atoms with Crippen molar-refractivity contribution in [3.05, 3.63) is 473 Å². The number of thiophene rings is 2. The number of para-hydroxylation sites is 10. The summed E-state index contributed by atoms with van der Waals surface area (Å²) in [6, 6.07) is 168. The van der Waals surface area contributed by atoms with Crippen LogP contribution in [0.1, 0.15) is 0 Å². The minimum absolute atomic E-state index is 0.620. The maximum Gasteiger partial charge on any atom is 0.235 e. The zero-order chi connectivity index (χ0) is 96.2. The molecule has 0 aliphatic carbocycles. The molecule has 0 radical (unpaired) electrons. The third-order valence-electron chi connectivity index (χ3n) is 29.7. The van der Waals surface area contributed by atoms with Crippen LogP contribution in [0, 0.1) is 0 Å². The topological polar surface area (TPSA) is 120 Å². The number of hydrogen-bond donors (Lipinski definition) is 0. The lowest BCUT2D eigenvalue weighted by molar-refractivity contribution is 0.669. The summed E-state index contributed by atoms with van der Waals surface area (Å²) in [7, 11) is 0. The summed E-state index contributed by atoms with van der Waals surface area (Å²) in [6.07, 6.45) is 0. The Morgan fingerprint density at radius 2 is 0.401 bits per heavy atom. The summed E-state index contributed by atoms with van der Waals surface area (Å²) < 4.78 is 25.6. The average molecular weight is 1910 g/mol. The van der Waals surface area contributed by atoms with Crippen LogP contribution in [0.15, 0.2) is 478 Å². The fourth-order valence-electron chi connectivity index (χ4n) is 23.2. The van der Waals surface area contributed by atoms with Gasteiger partial charge < -0.3 is 18.1 Å². The molecule has 0 aliphatic heterocycles. The van der Waals surface area contributed by atoms with Crippen LogP contribution in [0.25, 0.3) is 295 Å². The van der Waals surface area contributed by atoms with E-state index in [1.54, 1.807) is 0 Å². The van der Waals surface area contributed by atoms with Crippen LogP contribution >= 0.6 is 22.7 Å². The number of nitrogens with zero attached hydrogens (tertiary/aromatic N) is 12. The van der Waals surface area contributed by atoms with Gasteiger partial charge in [0.2, 0.25) is 17.8 Å². The zero-order valence-corrected chi connectivity index (χ0v) is 80.3. The van der Waals surface area contributed by atoms with Gasteiger partial charge in [-0.15, -0.1) is 22.7 Å².